The van der Waals surface area contributed by atoms with Gasteiger partial charge in [-0.05, 0) is 61.2 Å². The minimum Gasteiger partial charge on any atom is -0.391 e. The van der Waals surface area contributed by atoms with Crippen molar-refractivity contribution in [2.24, 2.45) is 0 Å². The number of nitrogens with zero attached hydrogens (tertiary/aromatic N) is 2. The monoisotopic (exact) mass is 510 g/mol. The van der Waals surface area contributed by atoms with Gasteiger partial charge in [-0.2, -0.15) is 0 Å². The molecule has 0 radical (unpaired) electrons. The number of β-amino-alcohol motifs (C(OH)–C–C–N with tert-alkyl or cyclic N) is 1. The van der Waals surface area contributed by atoms with Gasteiger partial charge in [-0.15, -0.1) is 0 Å². The van der Waals surface area contributed by atoms with Gasteiger partial charge in [0.05, 0.1) is 16.1 Å². The number of halogens is 2. The molecule has 1 amide bonds. The summed E-state index contributed by atoms with van der Waals surface area (Å²) in [7, 11) is 1.85. The number of rotatable bonds is 8. The van der Waals surface area contributed by atoms with E-state index in [1.54, 1.807) is 4.90 Å². The second-order valence-electron chi connectivity index (χ2n) is 9.29. The predicted molar refractivity (Wildman–Crippen MR) is 143 cm³/mol. The Morgan fingerprint density at radius 2 is 1.71 bits per heavy atom. The van der Waals surface area contributed by atoms with Gasteiger partial charge >= 0.3 is 0 Å². The van der Waals surface area contributed by atoms with Crippen molar-refractivity contribution in [3.05, 3.63) is 106 Å². The molecule has 0 spiro atoms. The third-order valence-electron chi connectivity index (χ3n) is 6.95. The van der Waals surface area contributed by atoms with Gasteiger partial charge < -0.3 is 10.0 Å². The van der Waals surface area contributed by atoms with Gasteiger partial charge in [0.1, 0.15) is 0 Å². The fourth-order valence-electron chi connectivity index (χ4n) is 5.03. The average molecular weight is 511 g/mol. The summed E-state index contributed by atoms with van der Waals surface area (Å²) in [4.78, 5) is 16.9. The van der Waals surface area contributed by atoms with Gasteiger partial charge in [0, 0.05) is 37.7 Å². The van der Waals surface area contributed by atoms with E-state index in [0.717, 1.165) is 31.4 Å². The third kappa shape index (κ3) is 6.45. The fraction of sp³-hybridized carbons (Fsp3) is 0.345. The van der Waals surface area contributed by atoms with E-state index in [9.17, 15) is 9.90 Å². The largest absolute Gasteiger partial charge is 0.391 e. The number of likely N-dealkylation sites (tertiary alicyclic amines) is 1. The number of aliphatic hydroxyl groups excluding tert-OH is 1. The van der Waals surface area contributed by atoms with Crippen LogP contribution in [0.15, 0.2) is 78.9 Å². The molecule has 6 heteroatoms. The molecule has 3 atom stereocenters. The summed E-state index contributed by atoms with van der Waals surface area (Å²) >= 11 is 12.6. The zero-order valence-corrected chi connectivity index (χ0v) is 21.5. The Morgan fingerprint density at radius 3 is 2.37 bits per heavy atom. The Kier molecular flexibility index (Phi) is 8.85. The van der Waals surface area contributed by atoms with Gasteiger partial charge in [-0.25, -0.2) is 0 Å². The number of benzene rings is 3. The molecule has 0 aliphatic carbocycles. The van der Waals surface area contributed by atoms with Crippen molar-refractivity contribution in [1.29, 1.82) is 0 Å². The van der Waals surface area contributed by atoms with Crippen LogP contribution in [0.1, 0.15) is 52.7 Å². The normalized spacial score (nSPS) is 19.3. The molecule has 1 aliphatic heterocycles. The second kappa shape index (κ2) is 12.0. The van der Waals surface area contributed by atoms with Crippen LogP contribution in [-0.4, -0.2) is 53.6 Å². The van der Waals surface area contributed by atoms with E-state index in [4.69, 9.17) is 23.2 Å². The zero-order valence-electron chi connectivity index (χ0n) is 20.0. The Labute approximate surface area is 218 Å². The average Bonchev–Trinajstić information content (AvgIpc) is 2.89. The Balaban J connectivity index is 1.45. The molecular weight excluding hydrogens is 479 g/mol. The maximum Gasteiger partial charge on any atom is 0.253 e. The Hall–Kier alpha value is -2.37. The lowest BCUT2D eigenvalue weighted by molar-refractivity contribution is 0.0260. The number of hydrogen-bond acceptors (Lipinski definition) is 3. The van der Waals surface area contributed by atoms with Gasteiger partial charge in [-0.1, -0.05) is 77.8 Å². The smallest absolute Gasteiger partial charge is 0.253 e. The maximum atomic E-state index is 12.7. The molecule has 3 aromatic carbocycles. The molecular formula is C29H32Cl2N2O2. The van der Waals surface area contributed by atoms with Crippen molar-refractivity contribution >= 4 is 29.1 Å². The van der Waals surface area contributed by atoms with Crippen molar-refractivity contribution in [2.45, 2.75) is 37.3 Å². The highest BCUT2D eigenvalue weighted by atomic mass is 35.5. The van der Waals surface area contributed by atoms with E-state index in [2.05, 4.69) is 17.0 Å². The van der Waals surface area contributed by atoms with Crippen molar-refractivity contribution in [3.8, 4) is 0 Å². The molecule has 1 saturated heterocycles. The quantitative estimate of drug-likeness (QED) is 0.379. The molecule has 1 unspecified atom stereocenters. The van der Waals surface area contributed by atoms with E-state index in [1.165, 1.54) is 5.56 Å². The third-order valence-corrected chi connectivity index (χ3v) is 7.69. The molecule has 1 aliphatic rings. The summed E-state index contributed by atoms with van der Waals surface area (Å²) in [5.74, 6) is 0.160. The van der Waals surface area contributed by atoms with Crippen LogP contribution >= 0.6 is 23.2 Å². The van der Waals surface area contributed by atoms with Crippen molar-refractivity contribution < 1.29 is 9.90 Å². The first-order chi connectivity index (χ1) is 16.9. The number of hydrogen-bond donors (Lipinski definition) is 1. The molecule has 35 heavy (non-hydrogen) atoms. The van der Waals surface area contributed by atoms with E-state index < -0.39 is 6.10 Å². The lowest BCUT2D eigenvalue weighted by Gasteiger charge is -2.41. The van der Waals surface area contributed by atoms with Gasteiger partial charge in [0.25, 0.3) is 5.91 Å². The molecule has 184 valence electrons. The molecule has 0 bridgehead atoms. The first-order valence-electron chi connectivity index (χ1n) is 12.2. The van der Waals surface area contributed by atoms with Crippen LogP contribution in [0.2, 0.25) is 10.0 Å². The topological polar surface area (TPSA) is 43.8 Å². The molecule has 1 N–H and O–H groups in total. The molecule has 4 nitrogen and oxygen atoms in total. The second-order valence-corrected chi connectivity index (χ2v) is 10.1. The fourth-order valence-corrected chi connectivity index (χ4v) is 5.34. The number of amides is 1. The summed E-state index contributed by atoms with van der Waals surface area (Å²) in [6, 6.07) is 25.5. The van der Waals surface area contributed by atoms with Gasteiger partial charge in [0.15, 0.2) is 0 Å². The van der Waals surface area contributed by atoms with Crippen LogP contribution in [0.25, 0.3) is 0 Å². The maximum absolute atomic E-state index is 12.7. The van der Waals surface area contributed by atoms with Crippen LogP contribution in [-0.2, 0) is 0 Å². The minimum atomic E-state index is -0.446. The van der Waals surface area contributed by atoms with Gasteiger partial charge in [0.2, 0.25) is 0 Å². The molecule has 4 rings (SSSR count). The molecule has 0 aromatic heterocycles. The van der Waals surface area contributed by atoms with E-state index in [0.29, 0.717) is 28.7 Å². The minimum absolute atomic E-state index is 0.0239. The molecule has 3 aromatic rings. The van der Waals surface area contributed by atoms with E-state index in [1.807, 2.05) is 73.8 Å². The summed E-state index contributed by atoms with van der Waals surface area (Å²) in [5.41, 5.74) is 2.97. The number of carbonyl (C=O) groups is 1. The summed E-state index contributed by atoms with van der Waals surface area (Å²) in [6.45, 7) is 2.11. The first kappa shape index (κ1) is 25.7. The Bertz CT molecular complexity index is 1110. The van der Waals surface area contributed by atoms with Crippen LogP contribution in [0, 0.1) is 0 Å². The highest BCUT2D eigenvalue weighted by Gasteiger charge is 2.33. The molecule has 0 saturated carbocycles. The zero-order chi connectivity index (χ0) is 24.8. The Morgan fingerprint density at radius 1 is 1.03 bits per heavy atom. The van der Waals surface area contributed by atoms with Gasteiger partial charge in [-0.3, -0.25) is 9.69 Å². The number of piperidine rings is 1. The molecule has 1 heterocycles. The highest BCUT2D eigenvalue weighted by molar-refractivity contribution is 6.42. The number of carbonyl (C=O) groups excluding carboxylic acids is 1. The van der Waals surface area contributed by atoms with Crippen LogP contribution < -0.4 is 0 Å². The lowest BCUT2D eigenvalue weighted by Crippen LogP contribution is -2.44. The SMILES string of the molecule is CN(CCCC(c1ccc(Cl)c(Cl)c1)N1CC[C@@H](c2ccccc2)[C@H](O)C1)C(=O)c1ccccc1. The van der Waals surface area contributed by atoms with Crippen LogP contribution in [0.4, 0.5) is 0 Å². The summed E-state index contributed by atoms with van der Waals surface area (Å²) in [6.07, 6.45) is 2.11. The number of aliphatic hydroxyl groups is 1. The molecule has 1 fully saturated rings. The van der Waals surface area contributed by atoms with E-state index >= 15 is 0 Å². The van der Waals surface area contributed by atoms with Crippen LogP contribution in [0.3, 0.4) is 0 Å². The summed E-state index contributed by atoms with van der Waals surface area (Å²) in [5, 5.41) is 12.1. The predicted octanol–water partition coefficient (Wildman–Crippen LogP) is 6.44. The first-order valence-corrected chi connectivity index (χ1v) is 12.9. The van der Waals surface area contributed by atoms with Crippen LogP contribution in [0.5, 0.6) is 0 Å². The van der Waals surface area contributed by atoms with E-state index in [-0.39, 0.29) is 17.9 Å². The lowest BCUT2D eigenvalue weighted by atomic mass is 9.85. The highest BCUT2D eigenvalue weighted by Crippen LogP contribution is 2.36. The van der Waals surface area contributed by atoms with Crippen molar-refractivity contribution in [2.75, 3.05) is 26.7 Å². The standard InChI is InChI=1S/C29H32Cl2N2O2/c1-32(29(35)22-11-6-3-7-12-22)17-8-13-27(23-14-15-25(30)26(31)19-23)33-18-16-24(28(34)20-33)21-9-4-2-5-10-21/h2-7,9-12,14-15,19,24,27-28,34H,8,13,16-18,20H2,1H3/t24-,27?,28+/m0/s1. The van der Waals surface area contributed by atoms with Crippen molar-refractivity contribution in [3.63, 3.8) is 0 Å². The van der Waals surface area contributed by atoms with Crippen molar-refractivity contribution in [1.82, 2.24) is 9.80 Å². The summed E-state index contributed by atoms with van der Waals surface area (Å²) < 4.78 is 0.